The molecule has 0 spiro atoms. The van der Waals surface area contributed by atoms with Crippen LogP contribution in [0.1, 0.15) is 17.3 Å². The second kappa shape index (κ2) is 7.34. The molecule has 0 unspecified atom stereocenters. The van der Waals surface area contributed by atoms with Crippen molar-refractivity contribution in [3.8, 4) is 5.75 Å². The predicted molar refractivity (Wildman–Crippen MR) is 75.3 cm³/mol. The average molecular weight is 281 g/mol. The summed E-state index contributed by atoms with van der Waals surface area (Å²) in [6.45, 7) is 4.12. The summed E-state index contributed by atoms with van der Waals surface area (Å²) in [5.41, 5.74) is 0.0510. The molecule has 1 rings (SSSR count). The largest absolute Gasteiger partial charge is 0.507 e. The van der Waals surface area contributed by atoms with Crippen LogP contribution in [0.25, 0.3) is 0 Å². The summed E-state index contributed by atoms with van der Waals surface area (Å²) in [5, 5.41) is 23.4. The van der Waals surface area contributed by atoms with Gasteiger partial charge in [-0.2, -0.15) is 0 Å². The van der Waals surface area contributed by atoms with Gasteiger partial charge in [-0.25, -0.2) is 9.59 Å². The third-order valence-electron chi connectivity index (χ3n) is 2.80. The number of nitrogens with one attached hydrogen (secondary N) is 2. The van der Waals surface area contributed by atoms with Crippen molar-refractivity contribution < 1.29 is 19.8 Å². The van der Waals surface area contributed by atoms with Crippen LogP contribution in [0.3, 0.4) is 0 Å². The molecule has 0 aliphatic rings. The summed E-state index contributed by atoms with van der Waals surface area (Å²) >= 11 is 0. The highest BCUT2D eigenvalue weighted by Gasteiger charge is 2.11. The standard InChI is InChI=1S/C13H19N3O4/c1-3-16(2)7-6-14-13(20)15-9-4-5-11(17)10(8-9)12(18)19/h4-5,8,17H,3,6-7H2,1-2H3,(H,18,19)(H2,14,15,20). The van der Waals surface area contributed by atoms with E-state index < -0.39 is 12.0 Å². The summed E-state index contributed by atoms with van der Waals surface area (Å²) in [4.78, 5) is 24.5. The second-order valence-electron chi connectivity index (χ2n) is 4.31. The molecule has 110 valence electrons. The number of nitrogens with zero attached hydrogens (tertiary/aromatic N) is 1. The molecule has 7 nitrogen and oxygen atoms in total. The van der Waals surface area contributed by atoms with Crippen molar-refractivity contribution in [1.29, 1.82) is 0 Å². The number of hydrogen-bond acceptors (Lipinski definition) is 4. The molecule has 0 radical (unpaired) electrons. The van der Waals surface area contributed by atoms with Gasteiger partial charge in [0, 0.05) is 18.8 Å². The number of carbonyl (C=O) groups is 2. The Hall–Kier alpha value is -2.28. The lowest BCUT2D eigenvalue weighted by atomic mass is 10.2. The van der Waals surface area contributed by atoms with Gasteiger partial charge in [0.15, 0.2) is 0 Å². The Bertz CT molecular complexity index is 491. The minimum absolute atomic E-state index is 0.256. The van der Waals surface area contributed by atoms with Crippen LogP contribution in [0.5, 0.6) is 5.75 Å². The Morgan fingerprint density at radius 2 is 2.05 bits per heavy atom. The van der Waals surface area contributed by atoms with E-state index in [1.807, 2.05) is 18.9 Å². The zero-order chi connectivity index (χ0) is 15.1. The van der Waals surface area contributed by atoms with E-state index >= 15 is 0 Å². The van der Waals surface area contributed by atoms with Gasteiger partial charge in [0.05, 0.1) is 0 Å². The fourth-order valence-electron chi connectivity index (χ4n) is 1.48. The third kappa shape index (κ3) is 4.77. The predicted octanol–water partition coefficient (Wildman–Crippen LogP) is 1.16. The first-order chi connectivity index (χ1) is 9.43. The van der Waals surface area contributed by atoms with Crippen molar-refractivity contribution in [2.75, 3.05) is 32.0 Å². The highest BCUT2D eigenvalue weighted by molar-refractivity contribution is 5.95. The van der Waals surface area contributed by atoms with Gasteiger partial charge in [-0.05, 0) is 31.8 Å². The highest BCUT2D eigenvalue weighted by atomic mass is 16.4. The summed E-state index contributed by atoms with van der Waals surface area (Å²) < 4.78 is 0. The lowest BCUT2D eigenvalue weighted by molar-refractivity contribution is 0.0693. The van der Waals surface area contributed by atoms with Crippen molar-refractivity contribution in [3.05, 3.63) is 23.8 Å². The molecule has 1 aromatic rings. The van der Waals surface area contributed by atoms with E-state index in [0.29, 0.717) is 12.2 Å². The molecule has 4 N–H and O–H groups in total. The topological polar surface area (TPSA) is 102 Å². The average Bonchev–Trinajstić information content (AvgIpc) is 2.40. The molecular weight excluding hydrogens is 262 g/mol. The smallest absolute Gasteiger partial charge is 0.339 e. The van der Waals surface area contributed by atoms with Crippen LogP contribution >= 0.6 is 0 Å². The van der Waals surface area contributed by atoms with Crippen molar-refractivity contribution in [2.45, 2.75) is 6.92 Å². The minimum Gasteiger partial charge on any atom is -0.507 e. The maximum Gasteiger partial charge on any atom is 0.339 e. The van der Waals surface area contributed by atoms with Gasteiger partial charge in [-0.3, -0.25) is 0 Å². The Morgan fingerprint density at radius 1 is 1.35 bits per heavy atom. The van der Waals surface area contributed by atoms with E-state index in [9.17, 15) is 14.7 Å². The van der Waals surface area contributed by atoms with Crippen LogP contribution in [0.2, 0.25) is 0 Å². The molecule has 0 bridgehead atoms. The number of likely N-dealkylation sites (N-methyl/N-ethyl adjacent to an activating group) is 1. The van der Waals surface area contributed by atoms with Crippen LogP contribution < -0.4 is 10.6 Å². The molecule has 0 saturated heterocycles. The van der Waals surface area contributed by atoms with Gasteiger partial charge >= 0.3 is 12.0 Å². The number of carboxylic acids is 1. The molecule has 20 heavy (non-hydrogen) atoms. The Morgan fingerprint density at radius 3 is 2.65 bits per heavy atom. The van der Waals surface area contributed by atoms with Crippen LogP contribution in [0.15, 0.2) is 18.2 Å². The summed E-state index contributed by atoms with van der Waals surface area (Å²) in [6.07, 6.45) is 0. The van der Waals surface area contributed by atoms with Gasteiger partial charge in [0.1, 0.15) is 11.3 Å². The van der Waals surface area contributed by atoms with Crippen molar-refractivity contribution >= 4 is 17.7 Å². The number of carbonyl (C=O) groups excluding carboxylic acids is 1. The number of anilines is 1. The van der Waals surface area contributed by atoms with E-state index in [2.05, 4.69) is 10.6 Å². The van der Waals surface area contributed by atoms with Crippen molar-refractivity contribution in [1.82, 2.24) is 10.2 Å². The van der Waals surface area contributed by atoms with Gasteiger partial charge in [0.25, 0.3) is 0 Å². The molecule has 0 fully saturated rings. The third-order valence-corrected chi connectivity index (χ3v) is 2.80. The number of hydrogen-bond donors (Lipinski definition) is 4. The molecule has 0 saturated carbocycles. The Kier molecular flexibility index (Phi) is 5.79. The molecule has 0 heterocycles. The lowest BCUT2D eigenvalue weighted by Gasteiger charge is -2.14. The molecule has 7 heteroatoms. The first-order valence-corrected chi connectivity index (χ1v) is 6.23. The molecule has 0 aliphatic heterocycles. The van der Waals surface area contributed by atoms with Crippen LogP contribution in [0, 0.1) is 0 Å². The molecular formula is C13H19N3O4. The number of phenols is 1. The van der Waals surface area contributed by atoms with Gasteiger partial charge in [-0.1, -0.05) is 6.92 Å². The SMILES string of the molecule is CCN(C)CCNC(=O)Nc1ccc(O)c(C(=O)O)c1. The number of aromatic hydroxyl groups is 1. The van der Waals surface area contributed by atoms with E-state index in [0.717, 1.165) is 13.1 Å². The minimum atomic E-state index is -1.25. The number of urea groups is 1. The Balaban J connectivity index is 2.54. The fraction of sp³-hybridized carbons (Fsp3) is 0.385. The van der Waals surface area contributed by atoms with Gasteiger partial charge in [-0.15, -0.1) is 0 Å². The quantitative estimate of drug-likeness (QED) is 0.586. The summed E-state index contributed by atoms with van der Waals surface area (Å²) in [5.74, 6) is -1.59. The number of benzene rings is 1. The van der Waals surface area contributed by atoms with Gasteiger partial charge < -0.3 is 25.7 Å². The van der Waals surface area contributed by atoms with Gasteiger partial charge in [0.2, 0.25) is 0 Å². The zero-order valence-electron chi connectivity index (χ0n) is 11.5. The Labute approximate surface area is 117 Å². The molecule has 2 amide bonds. The number of rotatable bonds is 6. The molecule has 0 aliphatic carbocycles. The summed E-state index contributed by atoms with van der Waals surface area (Å²) in [6, 6.07) is 3.44. The lowest BCUT2D eigenvalue weighted by Crippen LogP contribution is -2.35. The number of amides is 2. The first-order valence-electron chi connectivity index (χ1n) is 6.23. The fourth-order valence-corrected chi connectivity index (χ4v) is 1.48. The highest BCUT2D eigenvalue weighted by Crippen LogP contribution is 2.21. The van der Waals surface area contributed by atoms with E-state index in [1.165, 1.54) is 18.2 Å². The maximum absolute atomic E-state index is 11.6. The second-order valence-corrected chi connectivity index (χ2v) is 4.31. The maximum atomic E-state index is 11.6. The number of aromatic carboxylic acids is 1. The van der Waals surface area contributed by atoms with Crippen LogP contribution in [-0.2, 0) is 0 Å². The normalized spacial score (nSPS) is 10.3. The summed E-state index contributed by atoms with van der Waals surface area (Å²) in [7, 11) is 1.94. The van der Waals surface area contributed by atoms with E-state index in [-0.39, 0.29) is 11.3 Å². The zero-order valence-corrected chi connectivity index (χ0v) is 11.5. The first kappa shape index (κ1) is 15.8. The van der Waals surface area contributed by atoms with Crippen molar-refractivity contribution in [3.63, 3.8) is 0 Å². The van der Waals surface area contributed by atoms with Crippen LogP contribution in [-0.4, -0.2) is 53.8 Å². The monoisotopic (exact) mass is 281 g/mol. The van der Waals surface area contributed by atoms with E-state index in [1.54, 1.807) is 0 Å². The molecule has 0 aromatic heterocycles. The van der Waals surface area contributed by atoms with Crippen molar-refractivity contribution in [2.24, 2.45) is 0 Å². The van der Waals surface area contributed by atoms with E-state index in [4.69, 9.17) is 5.11 Å². The van der Waals surface area contributed by atoms with Crippen LogP contribution in [0.4, 0.5) is 10.5 Å². The molecule has 0 atom stereocenters. The molecule has 1 aromatic carbocycles. The number of carboxylic acid groups (broad SMARTS) is 1.